The van der Waals surface area contributed by atoms with E-state index in [-0.39, 0.29) is 22.9 Å². The maximum Gasteiger partial charge on any atom is 0.217 e. The van der Waals surface area contributed by atoms with Crippen LogP contribution in [0.25, 0.3) is 0 Å². The maximum absolute atomic E-state index is 10.4. The average molecular weight is 266 g/mol. The maximum atomic E-state index is 10.4. The van der Waals surface area contributed by atoms with Crippen LogP contribution < -0.4 is 5.73 Å². The van der Waals surface area contributed by atoms with E-state index in [2.05, 4.69) is 6.92 Å². The fourth-order valence-electron chi connectivity index (χ4n) is 1.43. The zero-order chi connectivity index (χ0) is 9.94. The molecule has 0 aliphatic carbocycles. The Morgan fingerprint density at radius 2 is 1.36 bits per heavy atom. The molecule has 0 atom stereocenters. The van der Waals surface area contributed by atoms with E-state index < -0.39 is 0 Å². The van der Waals surface area contributed by atoms with Crippen LogP contribution >= 0.6 is 17.0 Å². The highest BCUT2D eigenvalue weighted by atomic mass is 79.9. The predicted molar refractivity (Wildman–Crippen MR) is 66.7 cm³/mol. The number of unbranched alkanes of at least 4 members (excludes halogenated alkanes) is 7. The Hall–Kier alpha value is -0.0500. The normalized spacial score (nSPS) is 9.50. The van der Waals surface area contributed by atoms with E-state index in [0.29, 0.717) is 6.42 Å². The zero-order valence-electron chi connectivity index (χ0n) is 9.26. The van der Waals surface area contributed by atoms with Gasteiger partial charge in [-0.3, -0.25) is 4.79 Å². The summed E-state index contributed by atoms with van der Waals surface area (Å²) in [5, 5.41) is 0. The molecule has 2 N–H and O–H groups in total. The third-order valence-electron chi connectivity index (χ3n) is 2.28. The molecule has 0 saturated carbocycles. The minimum atomic E-state index is -0.161. The number of hydrogen-bond acceptors (Lipinski definition) is 1. The lowest BCUT2D eigenvalue weighted by molar-refractivity contribution is -0.118. The van der Waals surface area contributed by atoms with Gasteiger partial charge in [0.25, 0.3) is 0 Å². The lowest BCUT2D eigenvalue weighted by atomic mass is 10.1. The first-order chi connectivity index (χ1) is 6.27. The molecule has 86 valence electrons. The van der Waals surface area contributed by atoms with Crippen LogP contribution in [-0.2, 0) is 4.79 Å². The Morgan fingerprint density at radius 1 is 0.929 bits per heavy atom. The number of halogens is 1. The second kappa shape index (κ2) is 12.9. The number of hydrogen-bond donors (Lipinski definition) is 1. The third-order valence-corrected chi connectivity index (χ3v) is 2.28. The molecule has 0 radical (unpaired) electrons. The lowest BCUT2D eigenvalue weighted by Crippen LogP contribution is -2.09. The number of amides is 1. The van der Waals surface area contributed by atoms with Gasteiger partial charge in [0.15, 0.2) is 0 Å². The number of carbonyl (C=O) groups is 1. The predicted octanol–water partition coefficient (Wildman–Crippen LogP) is 3.58. The van der Waals surface area contributed by atoms with Crippen molar-refractivity contribution < 1.29 is 4.79 Å². The van der Waals surface area contributed by atoms with Gasteiger partial charge < -0.3 is 5.73 Å². The molecule has 0 aromatic rings. The number of carbonyl (C=O) groups excluding carboxylic acids is 1. The van der Waals surface area contributed by atoms with Crippen molar-refractivity contribution in [2.24, 2.45) is 5.73 Å². The van der Waals surface area contributed by atoms with Crippen molar-refractivity contribution in [2.45, 2.75) is 64.7 Å². The summed E-state index contributed by atoms with van der Waals surface area (Å²) in [5.74, 6) is -0.161. The van der Waals surface area contributed by atoms with Crippen LogP contribution in [0.15, 0.2) is 0 Å². The van der Waals surface area contributed by atoms with Crippen molar-refractivity contribution in [2.75, 3.05) is 0 Å². The summed E-state index contributed by atoms with van der Waals surface area (Å²) in [4.78, 5) is 10.4. The molecule has 0 aromatic heterocycles. The van der Waals surface area contributed by atoms with Gasteiger partial charge in [-0.1, -0.05) is 51.9 Å². The van der Waals surface area contributed by atoms with Crippen molar-refractivity contribution >= 4 is 22.9 Å². The molecule has 0 unspecified atom stereocenters. The summed E-state index contributed by atoms with van der Waals surface area (Å²) in [7, 11) is 0. The Labute approximate surface area is 98.4 Å². The van der Waals surface area contributed by atoms with Crippen molar-refractivity contribution in [3.05, 3.63) is 0 Å². The molecule has 0 aromatic carbocycles. The Balaban J connectivity index is 0. The smallest absolute Gasteiger partial charge is 0.217 e. The van der Waals surface area contributed by atoms with Gasteiger partial charge in [0.1, 0.15) is 0 Å². The summed E-state index contributed by atoms with van der Waals surface area (Å²) < 4.78 is 0. The van der Waals surface area contributed by atoms with Gasteiger partial charge in [-0.05, 0) is 6.42 Å². The number of nitrogens with two attached hydrogens (primary N) is 1. The molecule has 0 spiro atoms. The fraction of sp³-hybridized carbons (Fsp3) is 0.909. The summed E-state index contributed by atoms with van der Waals surface area (Å²) in [5.41, 5.74) is 5.03. The van der Waals surface area contributed by atoms with Gasteiger partial charge in [0.05, 0.1) is 0 Å². The molecule has 0 aliphatic rings. The van der Waals surface area contributed by atoms with Crippen LogP contribution in [0.2, 0.25) is 0 Å². The van der Waals surface area contributed by atoms with E-state index in [1.807, 2.05) is 0 Å². The Kier molecular flexibility index (Phi) is 15.2. The monoisotopic (exact) mass is 265 g/mol. The quantitative estimate of drug-likeness (QED) is 0.637. The van der Waals surface area contributed by atoms with Gasteiger partial charge in [-0.15, -0.1) is 17.0 Å². The number of rotatable bonds is 9. The van der Waals surface area contributed by atoms with Crippen LogP contribution in [0.3, 0.4) is 0 Å². The van der Waals surface area contributed by atoms with E-state index in [1.54, 1.807) is 0 Å². The Morgan fingerprint density at radius 3 is 1.79 bits per heavy atom. The SMILES string of the molecule is Br.CCCCCCCCCCC(N)=O. The molecule has 1 amide bonds. The van der Waals surface area contributed by atoms with Gasteiger partial charge in [0.2, 0.25) is 5.91 Å². The number of primary amides is 1. The minimum Gasteiger partial charge on any atom is -0.370 e. The lowest BCUT2D eigenvalue weighted by Gasteiger charge is -1.99. The van der Waals surface area contributed by atoms with Crippen molar-refractivity contribution in [3.63, 3.8) is 0 Å². The first-order valence-electron chi connectivity index (χ1n) is 5.55. The van der Waals surface area contributed by atoms with Gasteiger partial charge in [-0.2, -0.15) is 0 Å². The van der Waals surface area contributed by atoms with Crippen LogP contribution in [-0.4, -0.2) is 5.91 Å². The molecule has 14 heavy (non-hydrogen) atoms. The molecular weight excluding hydrogens is 242 g/mol. The molecule has 3 heteroatoms. The summed E-state index contributed by atoms with van der Waals surface area (Å²) in [6.07, 6.45) is 10.7. The highest BCUT2D eigenvalue weighted by molar-refractivity contribution is 8.93. The van der Waals surface area contributed by atoms with Crippen molar-refractivity contribution in [3.8, 4) is 0 Å². The average Bonchev–Trinajstić information content (AvgIpc) is 2.09. The van der Waals surface area contributed by atoms with E-state index in [0.717, 1.165) is 12.8 Å². The van der Waals surface area contributed by atoms with Crippen LogP contribution in [0.1, 0.15) is 64.7 Å². The molecule has 0 aliphatic heterocycles. The summed E-state index contributed by atoms with van der Waals surface area (Å²) in [6, 6.07) is 0. The van der Waals surface area contributed by atoms with Crippen LogP contribution in [0.4, 0.5) is 0 Å². The first-order valence-corrected chi connectivity index (χ1v) is 5.55. The molecule has 0 bridgehead atoms. The molecule has 2 nitrogen and oxygen atoms in total. The van der Waals surface area contributed by atoms with Gasteiger partial charge >= 0.3 is 0 Å². The molecule has 0 heterocycles. The van der Waals surface area contributed by atoms with E-state index in [9.17, 15) is 4.79 Å². The van der Waals surface area contributed by atoms with E-state index >= 15 is 0 Å². The standard InChI is InChI=1S/C11H23NO.BrH/c1-2-3-4-5-6-7-8-9-10-11(12)13;/h2-10H2,1H3,(H2,12,13);1H. The second-order valence-corrected chi connectivity index (χ2v) is 3.69. The largest absolute Gasteiger partial charge is 0.370 e. The highest BCUT2D eigenvalue weighted by Crippen LogP contribution is 2.08. The molecule has 0 fully saturated rings. The molecule has 0 saturated heterocycles. The van der Waals surface area contributed by atoms with Gasteiger partial charge in [0, 0.05) is 6.42 Å². The van der Waals surface area contributed by atoms with E-state index in [1.165, 1.54) is 38.5 Å². The summed E-state index contributed by atoms with van der Waals surface area (Å²) >= 11 is 0. The fourth-order valence-corrected chi connectivity index (χ4v) is 1.43. The second-order valence-electron chi connectivity index (χ2n) is 3.69. The van der Waals surface area contributed by atoms with Gasteiger partial charge in [-0.25, -0.2) is 0 Å². The van der Waals surface area contributed by atoms with Crippen molar-refractivity contribution in [1.29, 1.82) is 0 Å². The first kappa shape index (κ1) is 16.4. The Bertz CT molecular complexity index is 128. The van der Waals surface area contributed by atoms with E-state index in [4.69, 9.17) is 5.73 Å². The molecular formula is C11H24BrNO. The topological polar surface area (TPSA) is 43.1 Å². The highest BCUT2D eigenvalue weighted by Gasteiger charge is 1.94. The van der Waals surface area contributed by atoms with Crippen LogP contribution in [0.5, 0.6) is 0 Å². The van der Waals surface area contributed by atoms with Crippen LogP contribution in [0, 0.1) is 0 Å². The van der Waals surface area contributed by atoms with Crippen molar-refractivity contribution in [1.82, 2.24) is 0 Å². The summed E-state index contributed by atoms with van der Waals surface area (Å²) in [6.45, 7) is 2.23. The molecule has 0 rings (SSSR count). The zero-order valence-corrected chi connectivity index (χ0v) is 11.0. The minimum absolute atomic E-state index is 0. The third kappa shape index (κ3) is 14.5.